The first-order valence-corrected chi connectivity index (χ1v) is 6.60. The minimum absolute atomic E-state index is 0.550. The number of fused-ring (bicyclic) bond motifs is 1. The lowest BCUT2D eigenvalue weighted by molar-refractivity contribution is 0.318. The second-order valence-electron chi connectivity index (χ2n) is 4.50. The van der Waals surface area contributed by atoms with Gasteiger partial charge in [-0.15, -0.1) is 0 Å². The first kappa shape index (κ1) is 10.5. The molecule has 0 saturated carbocycles. The molecule has 0 amide bonds. The Morgan fingerprint density at radius 3 is 3.19 bits per heavy atom. The summed E-state index contributed by atoms with van der Waals surface area (Å²) < 4.78 is 0.950. The van der Waals surface area contributed by atoms with Gasteiger partial charge in [0.2, 0.25) is 0 Å². The minimum Gasteiger partial charge on any atom is -0.365 e. The monoisotopic (exact) mass is 282 g/mol. The molecule has 0 aromatic carbocycles. The molecule has 2 aliphatic heterocycles. The van der Waals surface area contributed by atoms with Gasteiger partial charge >= 0.3 is 0 Å². The summed E-state index contributed by atoms with van der Waals surface area (Å²) in [5, 5.41) is 3.54. The van der Waals surface area contributed by atoms with Gasteiger partial charge in [-0.1, -0.05) is 0 Å². The first-order valence-electron chi connectivity index (χ1n) is 5.81. The topological polar surface area (TPSA) is 41.1 Å². The van der Waals surface area contributed by atoms with E-state index in [4.69, 9.17) is 0 Å². The maximum atomic E-state index is 4.27. The van der Waals surface area contributed by atoms with E-state index in [1.807, 2.05) is 0 Å². The predicted octanol–water partition coefficient (Wildman–Crippen LogP) is 1.89. The minimum atomic E-state index is 0.550. The van der Waals surface area contributed by atoms with Crippen LogP contribution in [0.2, 0.25) is 0 Å². The van der Waals surface area contributed by atoms with Crippen molar-refractivity contribution in [2.75, 3.05) is 18.4 Å². The van der Waals surface area contributed by atoms with Crippen LogP contribution < -0.4 is 5.32 Å². The summed E-state index contributed by atoms with van der Waals surface area (Å²) in [5.41, 5.74) is 0. The molecular weight excluding hydrogens is 268 g/mol. The largest absolute Gasteiger partial charge is 0.365 e. The molecule has 2 fully saturated rings. The van der Waals surface area contributed by atoms with Crippen LogP contribution in [0.3, 0.4) is 0 Å². The molecule has 3 heterocycles. The van der Waals surface area contributed by atoms with Crippen LogP contribution in [0.1, 0.15) is 19.3 Å². The van der Waals surface area contributed by atoms with E-state index in [0.29, 0.717) is 12.1 Å². The molecule has 86 valence electrons. The number of halogens is 1. The van der Waals surface area contributed by atoms with Crippen molar-refractivity contribution < 1.29 is 0 Å². The molecule has 0 bridgehead atoms. The van der Waals surface area contributed by atoms with Gasteiger partial charge in [0.15, 0.2) is 0 Å². The Hall–Kier alpha value is -0.680. The zero-order valence-electron chi connectivity index (χ0n) is 9.06. The fourth-order valence-electron chi connectivity index (χ4n) is 2.85. The SMILES string of the molecule is Brc1cncnc1NC1CCN2CCCC12. The zero-order valence-corrected chi connectivity index (χ0v) is 10.7. The maximum absolute atomic E-state index is 4.27. The zero-order chi connectivity index (χ0) is 11.0. The second-order valence-corrected chi connectivity index (χ2v) is 5.36. The highest BCUT2D eigenvalue weighted by molar-refractivity contribution is 9.10. The third-order valence-electron chi connectivity index (χ3n) is 3.60. The molecule has 1 N–H and O–H groups in total. The van der Waals surface area contributed by atoms with E-state index < -0.39 is 0 Å². The second kappa shape index (κ2) is 4.30. The molecule has 3 rings (SSSR count). The van der Waals surface area contributed by atoms with Gasteiger partial charge in [0.1, 0.15) is 12.1 Å². The van der Waals surface area contributed by atoms with Gasteiger partial charge in [0, 0.05) is 24.8 Å². The van der Waals surface area contributed by atoms with E-state index in [1.54, 1.807) is 12.5 Å². The van der Waals surface area contributed by atoms with E-state index in [1.165, 1.54) is 32.4 Å². The Labute approximate surface area is 104 Å². The summed E-state index contributed by atoms with van der Waals surface area (Å²) in [6.45, 7) is 2.50. The van der Waals surface area contributed by atoms with Gasteiger partial charge in [-0.2, -0.15) is 0 Å². The number of nitrogens with zero attached hydrogens (tertiary/aromatic N) is 3. The standard InChI is InChI=1S/C11H15BrN4/c12-8-6-13-7-14-11(8)15-9-3-5-16-4-1-2-10(9)16/h6-7,9-10H,1-5H2,(H,13,14,15). The van der Waals surface area contributed by atoms with Crippen LogP contribution in [0.5, 0.6) is 0 Å². The van der Waals surface area contributed by atoms with Crippen LogP contribution in [0, 0.1) is 0 Å². The van der Waals surface area contributed by atoms with E-state index in [2.05, 4.69) is 36.1 Å². The van der Waals surface area contributed by atoms with Gasteiger partial charge < -0.3 is 5.32 Å². The van der Waals surface area contributed by atoms with Gasteiger partial charge in [-0.25, -0.2) is 9.97 Å². The molecule has 2 unspecified atom stereocenters. The van der Waals surface area contributed by atoms with E-state index in [9.17, 15) is 0 Å². The van der Waals surface area contributed by atoms with Crippen molar-refractivity contribution in [2.45, 2.75) is 31.3 Å². The highest BCUT2D eigenvalue weighted by Crippen LogP contribution is 2.30. The molecule has 16 heavy (non-hydrogen) atoms. The quantitative estimate of drug-likeness (QED) is 0.900. The fraction of sp³-hybridized carbons (Fsp3) is 0.636. The molecule has 0 aliphatic carbocycles. The first-order chi connectivity index (χ1) is 7.84. The third kappa shape index (κ3) is 1.82. The van der Waals surface area contributed by atoms with Crippen molar-refractivity contribution in [3.8, 4) is 0 Å². The molecule has 1 aromatic rings. The highest BCUT2D eigenvalue weighted by atomic mass is 79.9. The normalized spacial score (nSPS) is 29.3. The molecule has 2 saturated heterocycles. The fourth-order valence-corrected chi connectivity index (χ4v) is 3.18. The van der Waals surface area contributed by atoms with Crippen molar-refractivity contribution in [3.63, 3.8) is 0 Å². The summed E-state index contributed by atoms with van der Waals surface area (Å²) in [5.74, 6) is 0.925. The van der Waals surface area contributed by atoms with Gasteiger partial charge in [-0.05, 0) is 41.7 Å². The number of nitrogens with one attached hydrogen (secondary N) is 1. The van der Waals surface area contributed by atoms with Crippen LogP contribution in [0.25, 0.3) is 0 Å². The predicted molar refractivity (Wildman–Crippen MR) is 66.4 cm³/mol. The molecule has 0 spiro atoms. The van der Waals surface area contributed by atoms with Crippen LogP contribution in [0.4, 0.5) is 5.82 Å². The van der Waals surface area contributed by atoms with Crippen molar-refractivity contribution in [1.29, 1.82) is 0 Å². The van der Waals surface area contributed by atoms with Crippen molar-refractivity contribution in [1.82, 2.24) is 14.9 Å². The molecular formula is C11H15BrN4. The van der Waals surface area contributed by atoms with Crippen LogP contribution >= 0.6 is 15.9 Å². The van der Waals surface area contributed by atoms with E-state index in [-0.39, 0.29) is 0 Å². The maximum Gasteiger partial charge on any atom is 0.144 e. The van der Waals surface area contributed by atoms with Crippen molar-refractivity contribution in [2.24, 2.45) is 0 Å². The van der Waals surface area contributed by atoms with Crippen LogP contribution in [0.15, 0.2) is 17.0 Å². The summed E-state index contributed by atoms with van der Waals surface area (Å²) in [6, 6.07) is 1.26. The molecule has 5 heteroatoms. The lowest BCUT2D eigenvalue weighted by atomic mass is 10.1. The summed E-state index contributed by atoms with van der Waals surface area (Å²) in [7, 11) is 0. The van der Waals surface area contributed by atoms with Crippen molar-refractivity contribution in [3.05, 3.63) is 17.0 Å². The number of rotatable bonds is 2. The molecule has 2 atom stereocenters. The number of hydrogen-bond donors (Lipinski definition) is 1. The van der Waals surface area contributed by atoms with E-state index >= 15 is 0 Å². The molecule has 1 aromatic heterocycles. The number of hydrogen-bond acceptors (Lipinski definition) is 4. The smallest absolute Gasteiger partial charge is 0.144 e. The number of anilines is 1. The summed E-state index contributed by atoms with van der Waals surface area (Å²) in [4.78, 5) is 10.8. The molecule has 2 aliphatic rings. The molecule has 0 radical (unpaired) electrons. The highest BCUT2D eigenvalue weighted by Gasteiger charge is 2.37. The molecule has 4 nitrogen and oxygen atoms in total. The number of aromatic nitrogens is 2. The van der Waals surface area contributed by atoms with Gasteiger partial charge in [-0.3, -0.25) is 4.90 Å². The van der Waals surface area contributed by atoms with E-state index in [0.717, 1.165) is 10.3 Å². The Bertz CT molecular complexity index is 384. The lowest BCUT2D eigenvalue weighted by Crippen LogP contribution is -2.34. The Kier molecular flexibility index (Phi) is 2.81. The Morgan fingerprint density at radius 2 is 2.31 bits per heavy atom. The Morgan fingerprint density at radius 1 is 1.38 bits per heavy atom. The lowest BCUT2D eigenvalue weighted by Gasteiger charge is -2.21. The van der Waals surface area contributed by atoms with Gasteiger partial charge in [0.25, 0.3) is 0 Å². The average molecular weight is 283 g/mol. The average Bonchev–Trinajstić information content (AvgIpc) is 2.86. The van der Waals surface area contributed by atoms with Crippen LogP contribution in [-0.2, 0) is 0 Å². The van der Waals surface area contributed by atoms with Gasteiger partial charge in [0.05, 0.1) is 4.47 Å². The summed E-state index contributed by atoms with van der Waals surface area (Å²) >= 11 is 3.48. The van der Waals surface area contributed by atoms with Crippen LogP contribution in [-0.4, -0.2) is 40.0 Å². The van der Waals surface area contributed by atoms with Crippen molar-refractivity contribution >= 4 is 21.7 Å². The third-order valence-corrected chi connectivity index (χ3v) is 4.18. The summed E-state index contributed by atoms with van der Waals surface area (Å²) in [6.07, 6.45) is 7.26. The Balaban J connectivity index is 1.73.